The number of hydrogen-bond donors (Lipinski definition) is 2. The van der Waals surface area contributed by atoms with Gasteiger partial charge in [-0.1, -0.05) is 0 Å². The molecule has 4 rings (SSSR count). The second-order valence-corrected chi connectivity index (χ2v) is 6.93. The fourth-order valence-electron chi connectivity index (χ4n) is 3.98. The number of carbonyl (C=O) groups excluding carboxylic acids is 2. The van der Waals surface area contributed by atoms with Gasteiger partial charge in [-0.15, -0.1) is 0 Å². The first kappa shape index (κ1) is 16.2. The van der Waals surface area contributed by atoms with Crippen LogP contribution < -0.4 is 10.6 Å². The first-order chi connectivity index (χ1) is 12.0. The smallest absolute Gasteiger partial charge is 0.235 e. The third-order valence-electron chi connectivity index (χ3n) is 5.35. The lowest BCUT2D eigenvalue weighted by Gasteiger charge is -2.23. The van der Waals surface area contributed by atoms with E-state index >= 15 is 0 Å². The Hall–Kier alpha value is -2.28. The highest BCUT2D eigenvalue weighted by molar-refractivity contribution is 6.02. The Balaban J connectivity index is 1.76. The van der Waals surface area contributed by atoms with Gasteiger partial charge in [0.1, 0.15) is 5.82 Å². The summed E-state index contributed by atoms with van der Waals surface area (Å²) >= 11 is 0. The van der Waals surface area contributed by atoms with Gasteiger partial charge in [0, 0.05) is 18.9 Å². The van der Waals surface area contributed by atoms with E-state index in [0.717, 1.165) is 37.0 Å². The van der Waals surface area contributed by atoms with Crippen LogP contribution in [0, 0.1) is 5.82 Å². The van der Waals surface area contributed by atoms with Gasteiger partial charge in [0.05, 0.1) is 17.1 Å². The lowest BCUT2D eigenvalue weighted by atomic mass is 9.88. The Morgan fingerprint density at radius 1 is 1.20 bits per heavy atom. The van der Waals surface area contributed by atoms with Crippen molar-refractivity contribution in [3.05, 3.63) is 29.2 Å². The monoisotopic (exact) mass is 344 g/mol. The van der Waals surface area contributed by atoms with Crippen LogP contribution in [0.15, 0.2) is 12.1 Å². The summed E-state index contributed by atoms with van der Waals surface area (Å²) < 4.78 is 16.5. The Morgan fingerprint density at radius 3 is 2.68 bits per heavy atom. The van der Waals surface area contributed by atoms with Gasteiger partial charge in [-0.2, -0.15) is 5.10 Å². The zero-order chi connectivity index (χ0) is 17.6. The first-order valence-corrected chi connectivity index (χ1v) is 8.75. The molecule has 0 bridgehead atoms. The molecular formula is C18H21FN4O2. The number of piperidine rings is 2. The topological polar surface area (TPSA) is 76.0 Å². The molecule has 2 fully saturated rings. The number of halogens is 1. The van der Waals surface area contributed by atoms with Crippen molar-refractivity contribution in [1.29, 1.82) is 0 Å². The average Bonchev–Trinajstić information content (AvgIpc) is 2.91. The zero-order valence-corrected chi connectivity index (χ0v) is 14.1. The first-order valence-electron chi connectivity index (χ1n) is 8.75. The SMILES string of the molecule is Cn1nc(C2CCC(=O)NC2=O)c2cc(F)c(C3CCNCC3)cc21. The van der Waals surface area contributed by atoms with E-state index in [1.807, 2.05) is 13.1 Å². The van der Waals surface area contributed by atoms with Crippen molar-refractivity contribution >= 4 is 22.7 Å². The minimum absolute atomic E-state index is 0.208. The van der Waals surface area contributed by atoms with E-state index < -0.39 is 5.92 Å². The minimum Gasteiger partial charge on any atom is -0.317 e. The Bertz CT molecular complexity index is 854. The van der Waals surface area contributed by atoms with Crippen LogP contribution >= 0.6 is 0 Å². The highest BCUT2D eigenvalue weighted by Crippen LogP contribution is 2.35. The van der Waals surface area contributed by atoms with Crippen LogP contribution in [0.2, 0.25) is 0 Å². The van der Waals surface area contributed by atoms with Crippen molar-refractivity contribution in [1.82, 2.24) is 20.4 Å². The van der Waals surface area contributed by atoms with Gasteiger partial charge in [-0.05, 0) is 56.0 Å². The standard InChI is InChI=1S/C18H21FN4O2/c1-23-15-9-12(10-4-6-20-7-5-10)14(19)8-13(15)17(22-23)11-2-3-16(24)21-18(11)25/h8-11,20H,2-7H2,1H3,(H,21,24,25). The van der Waals surface area contributed by atoms with Gasteiger partial charge < -0.3 is 5.32 Å². The van der Waals surface area contributed by atoms with Crippen molar-refractivity contribution in [2.45, 2.75) is 37.5 Å². The number of amides is 2. The summed E-state index contributed by atoms with van der Waals surface area (Å²) in [6.07, 6.45) is 2.53. The van der Waals surface area contributed by atoms with Crippen LogP contribution in [0.3, 0.4) is 0 Å². The third-order valence-corrected chi connectivity index (χ3v) is 5.35. The fourth-order valence-corrected chi connectivity index (χ4v) is 3.98. The molecule has 2 N–H and O–H groups in total. The summed E-state index contributed by atoms with van der Waals surface area (Å²) in [7, 11) is 1.81. The number of carbonyl (C=O) groups is 2. The van der Waals surface area contributed by atoms with Crippen molar-refractivity contribution in [2.75, 3.05) is 13.1 Å². The largest absolute Gasteiger partial charge is 0.317 e. The predicted molar refractivity (Wildman–Crippen MR) is 90.6 cm³/mol. The van der Waals surface area contributed by atoms with Crippen molar-refractivity contribution < 1.29 is 14.0 Å². The summed E-state index contributed by atoms with van der Waals surface area (Å²) in [5.74, 6) is -1.15. The Labute approximate surface area is 144 Å². The molecule has 2 amide bonds. The van der Waals surface area contributed by atoms with Gasteiger partial charge in [-0.3, -0.25) is 19.6 Å². The molecule has 1 aromatic heterocycles. The second kappa shape index (κ2) is 6.22. The number of hydrogen-bond acceptors (Lipinski definition) is 4. The maximum atomic E-state index is 14.8. The molecule has 2 saturated heterocycles. The maximum absolute atomic E-state index is 14.8. The van der Waals surface area contributed by atoms with Gasteiger partial charge in [0.25, 0.3) is 0 Å². The highest BCUT2D eigenvalue weighted by Gasteiger charge is 2.32. The van der Waals surface area contributed by atoms with Crippen molar-refractivity contribution in [3.63, 3.8) is 0 Å². The molecule has 0 spiro atoms. The summed E-state index contributed by atoms with van der Waals surface area (Å²) in [4.78, 5) is 23.5. The minimum atomic E-state index is -0.509. The molecule has 3 heterocycles. The van der Waals surface area contributed by atoms with E-state index in [9.17, 15) is 14.0 Å². The molecule has 132 valence electrons. The molecule has 0 radical (unpaired) electrons. The van der Waals surface area contributed by atoms with E-state index in [0.29, 0.717) is 17.5 Å². The normalized spacial score (nSPS) is 22.4. The average molecular weight is 344 g/mol. The van der Waals surface area contributed by atoms with Crippen molar-refractivity contribution in [3.8, 4) is 0 Å². The van der Waals surface area contributed by atoms with Crippen LogP contribution in [0.1, 0.15) is 48.8 Å². The summed E-state index contributed by atoms with van der Waals surface area (Å²) in [6, 6.07) is 3.39. The number of nitrogens with one attached hydrogen (secondary N) is 2. The predicted octanol–water partition coefficient (Wildman–Crippen LogP) is 1.70. The van der Waals surface area contributed by atoms with Gasteiger partial charge in [0.2, 0.25) is 11.8 Å². The second-order valence-electron chi connectivity index (χ2n) is 6.93. The lowest BCUT2D eigenvalue weighted by Crippen LogP contribution is -2.39. The van der Waals surface area contributed by atoms with Crippen LogP contribution in [0.4, 0.5) is 4.39 Å². The number of rotatable bonds is 2. The van der Waals surface area contributed by atoms with E-state index in [1.165, 1.54) is 6.07 Å². The van der Waals surface area contributed by atoms with Crippen molar-refractivity contribution in [2.24, 2.45) is 7.05 Å². The molecule has 0 saturated carbocycles. The fraction of sp³-hybridized carbons (Fsp3) is 0.500. The molecule has 0 aliphatic carbocycles. The molecule has 2 aliphatic rings. The Morgan fingerprint density at radius 2 is 1.96 bits per heavy atom. The van der Waals surface area contributed by atoms with Crippen LogP contribution in [-0.2, 0) is 16.6 Å². The number of nitrogens with zero attached hydrogens (tertiary/aromatic N) is 2. The summed E-state index contributed by atoms with van der Waals surface area (Å²) in [5.41, 5.74) is 2.11. The van der Waals surface area contributed by atoms with Gasteiger partial charge >= 0.3 is 0 Å². The Kier molecular flexibility index (Phi) is 4.03. The van der Waals surface area contributed by atoms with E-state index in [2.05, 4.69) is 15.7 Å². The molecule has 2 aromatic rings. The lowest BCUT2D eigenvalue weighted by molar-refractivity contribution is -0.134. The highest BCUT2D eigenvalue weighted by atomic mass is 19.1. The third kappa shape index (κ3) is 2.82. The van der Waals surface area contributed by atoms with E-state index in [-0.39, 0.29) is 30.0 Å². The van der Waals surface area contributed by atoms with E-state index in [1.54, 1.807) is 4.68 Å². The van der Waals surface area contributed by atoms with Crippen LogP contribution in [0.5, 0.6) is 0 Å². The number of benzene rings is 1. The molecule has 1 aromatic carbocycles. The molecule has 1 atom stereocenters. The summed E-state index contributed by atoms with van der Waals surface area (Å²) in [5, 5.41) is 10.8. The molecule has 6 nitrogen and oxygen atoms in total. The molecule has 7 heteroatoms. The van der Waals surface area contributed by atoms with E-state index in [4.69, 9.17) is 0 Å². The molecular weight excluding hydrogens is 323 g/mol. The zero-order valence-electron chi connectivity index (χ0n) is 14.1. The quantitative estimate of drug-likeness (QED) is 0.813. The number of aryl methyl sites for hydroxylation is 1. The van der Waals surface area contributed by atoms with Crippen LogP contribution in [-0.4, -0.2) is 34.7 Å². The van der Waals surface area contributed by atoms with Gasteiger partial charge in [-0.25, -0.2) is 4.39 Å². The molecule has 2 aliphatic heterocycles. The molecule has 1 unspecified atom stereocenters. The maximum Gasteiger partial charge on any atom is 0.235 e. The van der Waals surface area contributed by atoms with Crippen LogP contribution in [0.25, 0.3) is 10.9 Å². The molecule has 25 heavy (non-hydrogen) atoms. The number of fused-ring (bicyclic) bond motifs is 1. The number of imide groups is 1. The number of aromatic nitrogens is 2. The van der Waals surface area contributed by atoms with Gasteiger partial charge in [0.15, 0.2) is 0 Å². The summed E-state index contributed by atoms with van der Waals surface area (Å²) in [6.45, 7) is 1.80.